The maximum absolute atomic E-state index is 13.6. The fourth-order valence-corrected chi connectivity index (χ4v) is 13.4. The van der Waals surface area contributed by atoms with Crippen LogP contribution in [0.2, 0.25) is 0 Å². The minimum atomic E-state index is -1.28. The van der Waals surface area contributed by atoms with Gasteiger partial charge >= 0.3 is 0 Å². The third-order valence-corrected chi connectivity index (χ3v) is 17.0. The molecule has 0 bridgehead atoms. The van der Waals surface area contributed by atoms with Crippen LogP contribution in [0.4, 0.5) is 17.6 Å². The minimum absolute atomic E-state index is 0.0236. The molecule has 73 heavy (non-hydrogen) atoms. The van der Waals surface area contributed by atoms with Gasteiger partial charge in [-0.25, -0.2) is 17.6 Å². The van der Waals surface area contributed by atoms with E-state index in [2.05, 4.69) is 59.4 Å². The maximum Gasteiger partial charge on any atom is 0.123 e. The second-order valence-electron chi connectivity index (χ2n) is 19.9. The molecule has 2 N–H and O–H groups in total. The Hall–Kier alpha value is -4.70. The van der Waals surface area contributed by atoms with Crippen LogP contribution in [0, 0.1) is 23.3 Å². The molecule has 7 nitrogen and oxygen atoms in total. The van der Waals surface area contributed by atoms with E-state index in [-0.39, 0.29) is 46.7 Å². The van der Waals surface area contributed by atoms with Crippen molar-refractivity contribution in [1.82, 2.24) is 19.6 Å². The average Bonchev–Trinajstić information content (AvgIpc) is 3.37. The van der Waals surface area contributed by atoms with Crippen molar-refractivity contribution in [3.05, 3.63) is 214 Å². The second-order valence-corrected chi connectivity index (χ2v) is 22.8. The van der Waals surface area contributed by atoms with Gasteiger partial charge in [0.25, 0.3) is 0 Å². The highest BCUT2D eigenvalue weighted by molar-refractivity contribution is 7.99. The highest BCUT2D eigenvalue weighted by Crippen LogP contribution is 2.36. The third-order valence-electron chi connectivity index (χ3n) is 14.1. The molecule has 13 heteroatoms. The third kappa shape index (κ3) is 16.9. The van der Waals surface area contributed by atoms with E-state index in [1.54, 1.807) is 24.3 Å². The molecule has 8 rings (SSSR count). The standard InChI is InChI=1S/C30H36F2N2O2S.C30H36F2N2OS/c1-22-19-33(20-23(2)34(22)21-29(35)18-24-6-4-3-5-7-24)16-17-37(36)30(25-8-12-27(31)13-9-25)26-10-14-28(32)15-11-26;1-22-19-33(20-23(2)34(22)21-29(35)18-24-6-4-3-5-7-24)16-17-36-30(25-8-12-27(31)13-9-25)26-10-14-28(32)15-11-26/h3-15,22-23,29-30,35H,16-21H2,1-2H3;3-15,22-23,29-30,35H,16-21H2,1-2H3/t22-,23+,29?,37?;22-,23+,29?. The summed E-state index contributed by atoms with van der Waals surface area (Å²) in [6.45, 7) is 15.3. The second kappa shape index (κ2) is 27.7. The monoisotopic (exact) mass is 1040 g/mol. The molecule has 6 aromatic carbocycles. The van der Waals surface area contributed by atoms with Crippen molar-refractivity contribution in [3.63, 3.8) is 0 Å². The zero-order valence-electron chi connectivity index (χ0n) is 42.5. The molecule has 0 aromatic heterocycles. The van der Waals surface area contributed by atoms with Crippen LogP contribution in [-0.4, -0.2) is 134 Å². The van der Waals surface area contributed by atoms with Crippen molar-refractivity contribution in [2.75, 3.05) is 63.9 Å². The molecule has 0 radical (unpaired) electrons. The van der Waals surface area contributed by atoms with Gasteiger partial charge in [0.2, 0.25) is 0 Å². The molecule has 7 atom stereocenters. The number of aliphatic hydroxyl groups is 2. The Balaban J connectivity index is 0.000000214. The number of piperazine rings is 2. The van der Waals surface area contributed by atoms with E-state index >= 15 is 0 Å². The van der Waals surface area contributed by atoms with Gasteiger partial charge in [-0.15, -0.1) is 11.8 Å². The number of nitrogens with zero attached hydrogens (tertiary/aromatic N) is 4. The van der Waals surface area contributed by atoms with Crippen molar-refractivity contribution in [2.24, 2.45) is 0 Å². The Labute approximate surface area is 437 Å². The predicted octanol–water partition coefficient (Wildman–Crippen LogP) is 10.6. The average molecular weight is 1040 g/mol. The summed E-state index contributed by atoms with van der Waals surface area (Å²) in [5.74, 6) is 0.169. The molecule has 2 fully saturated rings. The quantitative estimate of drug-likeness (QED) is 0.0733. The molecule has 3 unspecified atom stereocenters. The first-order chi connectivity index (χ1) is 35.2. The lowest BCUT2D eigenvalue weighted by Gasteiger charge is -2.45. The first-order valence-electron chi connectivity index (χ1n) is 25.6. The first-order valence-corrected chi connectivity index (χ1v) is 28.0. The number of halogens is 4. The van der Waals surface area contributed by atoms with Crippen LogP contribution in [0.25, 0.3) is 0 Å². The van der Waals surface area contributed by atoms with Gasteiger partial charge in [0, 0.05) is 98.8 Å². The fourth-order valence-electron chi connectivity index (χ4n) is 10.5. The number of hydrogen-bond acceptors (Lipinski definition) is 8. The molecule has 2 aliphatic rings. The molecular formula is C60H72F4N4O3S2. The molecule has 2 aliphatic heterocycles. The van der Waals surface area contributed by atoms with Crippen molar-refractivity contribution in [2.45, 2.75) is 87.4 Å². The summed E-state index contributed by atoms with van der Waals surface area (Å²) in [7, 11) is -1.28. The van der Waals surface area contributed by atoms with Gasteiger partial charge in [0.15, 0.2) is 0 Å². The number of aliphatic hydroxyl groups excluding tert-OH is 2. The molecule has 6 aromatic rings. The fraction of sp³-hybridized carbons (Fsp3) is 0.400. The van der Waals surface area contributed by atoms with Crippen molar-refractivity contribution >= 4 is 22.6 Å². The summed E-state index contributed by atoms with van der Waals surface area (Å²) in [4.78, 5) is 9.62. The lowest BCUT2D eigenvalue weighted by molar-refractivity contribution is 0.00715. The summed E-state index contributed by atoms with van der Waals surface area (Å²) < 4.78 is 67.7. The lowest BCUT2D eigenvalue weighted by Crippen LogP contribution is -2.58. The molecular weight excluding hydrogens is 965 g/mol. The van der Waals surface area contributed by atoms with Crippen LogP contribution < -0.4 is 0 Å². The molecule has 2 heterocycles. The lowest BCUT2D eigenvalue weighted by atomic mass is 10.0. The number of β-amino-alcohol motifs (C(OH)–C–C–N with tert-alkyl or cyclic N) is 2. The summed E-state index contributed by atoms with van der Waals surface area (Å²) in [5, 5.41) is 21.0. The number of rotatable bonds is 20. The normalized spacial score (nSPS) is 20.4. The van der Waals surface area contributed by atoms with Gasteiger partial charge in [-0.3, -0.25) is 23.8 Å². The Morgan fingerprint density at radius 2 is 0.822 bits per heavy atom. The molecule has 2 saturated heterocycles. The summed E-state index contributed by atoms with van der Waals surface area (Å²) >= 11 is 1.81. The molecule has 0 amide bonds. The maximum atomic E-state index is 13.6. The number of hydrogen-bond donors (Lipinski definition) is 2. The Morgan fingerprint density at radius 1 is 0.493 bits per heavy atom. The number of thioether (sulfide) groups is 1. The van der Waals surface area contributed by atoms with E-state index < -0.39 is 22.2 Å². The van der Waals surface area contributed by atoms with Crippen LogP contribution in [-0.2, 0) is 23.6 Å². The molecule has 0 spiro atoms. The number of benzene rings is 6. The largest absolute Gasteiger partial charge is 0.391 e. The Kier molecular flexibility index (Phi) is 21.3. The highest BCUT2D eigenvalue weighted by Gasteiger charge is 2.33. The summed E-state index contributed by atoms with van der Waals surface area (Å²) in [5.41, 5.74) is 5.85. The first kappa shape index (κ1) is 56.0. The van der Waals surface area contributed by atoms with Crippen LogP contribution in [0.5, 0.6) is 0 Å². The zero-order chi connectivity index (χ0) is 51.9. The van der Waals surface area contributed by atoms with E-state index in [1.807, 2.05) is 84.6 Å². The Morgan fingerprint density at radius 3 is 1.18 bits per heavy atom. The summed E-state index contributed by atoms with van der Waals surface area (Å²) in [6.07, 6.45) is 0.490. The van der Waals surface area contributed by atoms with E-state index in [0.29, 0.717) is 50.3 Å². The Bertz CT molecular complexity index is 2450. The molecule has 0 aliphatic carbocycles. The summed E-state index contributed by atoms with van der Waals surface area (Å²) in [6, 6.07) is 46.8. The van der Waals surface area contributed by atoms with E-state index in [0.717, 1.165) is 71.9 Å². The molecule has 0 saturated carbocycles. The van der Waals surface area contributed by atoms with Gasteiger partial charge in [-0.05, 0) is 122 Å². The van der Waals surface area contributed by atoms with Gasteiger partial charge in [-0.2, -0.15) is 0 Å². The zero-order valence-corrected chi connectivity index (χ0v) is 44.2. The SMILES string of the molecule is C[C@@H]1CN(CCS(=O)C(c2ccc(F)cc2)c2ccc(F)cc2)C[C@H](C)N1CC(O)Cc1ccccc1.C[C@@H]1CN(CCSC(c2ccc(F)cc2)c2ccc(F)cc2)C[C@H](C)N1CC(O)Cc1ccccc1. The van der Waals surface area contributed by atoms with Crippen molar-refractivity contribution in [1.29, 1.82) is 0 Å². The van der Waals surface area contributed by atoms with Crippen molar-refractivity contribution < 1.29 is 32.0 Å². The van der Waals surface area contributed by atoms with Crippen LogP contribution in [0.1, 0.15) is 71.6 Å². The smallest absolute Gasteiger partial charge is 0.123 e. The minimum Gasteiger partial charge on any atom is -0.391 e. The van der Waals surface area contributed by atoms with Gasteiger partial charge in [0.05, 0.1) is 22.7 Å². The van der Waals surface area contributed by atoms with Crippen molar-refractivity contribution in [3.8, 4) is 0 Å². The molecule has 390 valence electrons. The van der Waals surface area contributed by atoms with Gasteiger partial charge in [-0.1, -0.05) is 109 Å². The predicted molar refractivity (Wildman–Crippen MR) is 291 cm³/mol. The van der Waals surface area contributed by atoms with E-state index in [9.17, 15) is 32.0 Å². The van der Waals surface area contributed by atoms with Crippen LogP contribution >= 0.6 is 11.8 Å². The van der Waals surface area contributed by atoms with E-state index in [1.165, 1.54) is 48.5 Å². The van der Waals surface area contributed by atoms with E-state index in [4.69, 9.17) is 0 Å². The van der Waals surface area contributed by atoms with Crippen LogP contribution in [0.15, 0.2) is 158 Å². The van der Waals surface area contributed by atoms with Crippen LogP contribution in [0.3, 0.4) is 0 Å². The topological polar surface area (TPSA) is 70.5 Å². The van der Waals surface area contributed by atoms with Gasteiger partial charge < -0.3 is 10.2 Å². The highest BCUT2D eigenvalue weighted by atomic mass is 32.2. The van der Waals surface area contributed by atoms with Gasteiger partial charge in [0.1, 0.15) is 23.3 Å².